The Morgan fingerprint density at radius 2 is 1.88 bits per heavy atom. The lowest BCUT2D eigenvalue weighted by molar-refractivity contribution is 0.456. The molecule has 0 saturated carbocycles. The SMILES string of the molecule is Brc1ccc(Oc2cccc3nccn23)cc1. The Morgan fingerprint density at radius 3 is 2.71 bits per heavy atom. The first kappa shape index (κ1) is 10.4. The van der Waals surface area contributed by atoms with Gasteiger partial charge in [0.1, 0.15) is 11.4 Å². The van der Waals surface area contributed by atoms with E-state index in [2.05, 4.69) is 20.9 Å². The summed E-state index contributed by atoms with van der Waals surface area (Å²) in [7, 11) is 0. The number of ether oxygens (including phenoxy) is 1. The van der Waals surface area contributed by atoms with Gasteiger partial charge < -0.3 is 4.74 Å². The van der Waals surface area contributed by atoms with Crippen molar-refractivity contribution >= 4 is 21.6 Å². The largest absolute Gasteiger partial charge is 0.440 e. The molecule has 0 aliphatic heterocycles. The molecule has 0 aliphatic rings. The van der Waals surface area contributed by atoms with Gasteiger partial charge in [-0.05, 0) is 36.4 Å². The fourth-order valence-corrected chi connectivity index (χ4v) is 1.89. The van der Waals surface area contributed by atoms with Gasteiger partial charge in [0.2, 0.25) is 5.88 Å². The Kier molecular flexibility index (Phi) is 2.57. The maximum atomic E-state index is 5.81. The van der Waals surface area contributed by atoms with E-state index >= 15 is 0 Å². The molecule has 3 nitrogen and oxygen atoms in total. The third kappa shape index (κ3) is 2.03. The molecule has 0 amide bonds. The Hall–Kier alpha value is -1.81. The van der Waals surface area contributed by atoms with Crippen LogP contribution in [-0.4, -0.2) is 9.38 Å². The van der Waals surface area contributed by atoms with Crippen LogP contribution < -0.4 is 4.74 Å². The van der Waals surface area contributed by atoms with Crippen LogP contribution in [0.15, 0.2) is 59.3 Å². The number of pyridine rings is 1. The molecule has 17 heavy (non-hydrogen) atoms. The first-order valence-electron chi connectivity index (χ1n) is 5.18. The van der Waals surface area contributed by atoms with Crippen molar-refractivity contribution in [2.75, 3.05) is 0 Å². The van der Waals surface area contributed by atoms with E-state index in [1.165, 1.54) is 0 Å². The van der Waals surface area contributed by atoms with Crippen molar-refractivity contribution < 1.29 is 4.74 Å². The topological polar surface area (TPSA) is 26.5 Å². The Bertz CT molecular complexity index is 646. The highest BCUT2D eigenvalue weighted by Crippen LogP contribution is 2.23. The highest BCUT2D eigenvalue weighted by Gasteiger charge is 2.02. The minimum absolute atomic E-state index is 0.752. The second-order valence-corrected chi connectivity index (χ2v) is 4.49. The average molecular weight is 289 g/mol. The van der Waals surface area contributed by atoms with Crippen LogP contribution in [0.3, 0.4) is 0 Å². The van der Waals surface area contributed by atoms with E-state index < -0.39 is 0 Å². The number of hydrogen-bond acceptors (Lipinski definition) is 2. The number of aromatic nitrogens is 2. The number of fused-ring (bicyclic) bond motifs is 1. The highest BCUT2D eigenvalue weighted by atomic mass is 79.9. The summed E-state index contributed by atoms with van der Waals surface area (Å²) in [4.78, 5) is 4.21. The molecular formula is C13H9BrN2O. The summed E-state index contributed by atoms with van der Waals surface area (Å²) in [6.45, 7) is 0. The highest BCUT2D eigenvalue weighted by molar-refractivity contribution is 9.10. The fraction of sp³-hybridized carbons (Fsp3) is 0. The zero-order chi connectivity index (χ0) is 11.7. The lowest BCUT2D eigenvalue weighted by Crippen LogP contribution is -1.92. The summed E-state index contributed by atoms with van der Waals surface area (Å²) in [5, 5.41) is 0. The van der Waals surface area contributed by atoms with Gasteiger partial charge in [0.25, 0.3) is 0 Å². The van der Waals surface area contributed by atoms with Gasteiger partial charge in [0.05, 0.1) is 0 Å². The van der Waals surface area contributed by atoms with E-state index in [4.69, 9.17) is 4.74 Å². The molecule has 0 bridgehead atoms. The molecule has 1 aromatic carbocycles. The predicted molar refractivity (Wildman–Crippen MR) is 69.4 cm³/mol. The molecule has 0 unspecified atom stereocenters. The summed E-state index contributed by atoms with van der Waals surface area (Å²) in [5.74, 6) is 1.55. The quantitative estimate of drug-likeness (QED) is 0.715. The van der Waals surface area contributed by atoms with Gasteiger partial charge in [-0.1, -0.05) is 22.0 Å². The fourth-order valence-electron chi connectivity index (χ4n) is 1.63. The normalized spacial score (nSPS) is 10.6. The third-order valence-corrected chi connectivity index (χ3v) is 2.96. The number of hydrogen-bond donors (Lipinski definition) is 0. The van der Waals surface area contributed by atoms with Gasteiger partial charge in [0.15, 0.2) is 0 Å². The first-order chi connectivity index (χ1) is 8.33. The van der Waals surface area contributed by atoms with Crippen molar-refractivity contribution in [1.82, 2.24) is 9.38 Å². The molecule has 0 radical (unpaired) electrons. The van der Waals surface area contributed by atoms with Gasteiger partial charge in [0, 0.05) is 16.9 Å². The summed E-state index contributed by atoms with van der Waals surface area (Å²) in [6.07, 6.45) is 3.63. The smallest absolute Gasteiger partial charge is 0.205 e. The lowest BCUT2D eigenvalue weighted by Gasteiger charge is -2.07. The summed E-state index contributed by atoms with van der Waals surface area (Å²) < 4.78 is 8.74. The van der Waals surface area contributed by atoms with Gasteiger partial charge in [-0.3, -0.25) is 4.40 Å². The molecule has 0 saturated heterocycles. The molecule has 3 rings (SSSR count). The monoisotopic (exact) mass is 288 g/mol. The molecule has 0 aliphatic carbocycles. The van der Waals surface area contributed by atoms with Crippen LogP contribution in [0.25, 0.3) is 5.65 Å². The van der Waals surface area contributed by atoms with Crippen LogP contribution in [0.4, 0.5) is 0 Å². The van der Waals surface area contributed by atoms with Crippen LogP contribution in [0.2, 0.25) is 0 Å². The summed E-state index contributed by atoms with van der Waals surface area (Å²) in [6, 6.07) is 13.5. The maximum Gasteiger partial charge on any atom is 0.205 e. The average Bonchev–Trinajstić information content (AvgIpc) is 2.81. The van der Waals surface area contributed by atoms with Crippen LogP contribution in [-0.2, 0) is 0 Å². The molecule has 4 heteroatoms. The molecule has 0 N–H and O–H groups in total. The van der Waals surface area contributed by atoms with Gasteiger partial charge >= 0.3 is 0 Å². The number of rotatable bonds is 2. The summed E-state index contributed by atoms with van der Waals surface area (Å²) in [5.41, 5.74) is 0.875. The van der Waals surface area contributed by atoms with E-state index in [0.717, 1.165) is 21.7 Å². The predicted octanol–water partition coefficient (Wildman–Crippen LogP) is 3.89. The Balaban J connectivity index is 1.99. The van der Waals surface area contributed by atoms with Gasteiger partial charge in [-0.25, -0.2) is 4.98 Å². The van der Waals surface area contributed by atoms with E-state index in [-0.39, 0.29) is 0 Å². The van der Waals surface area contributed by atoms with E-state index in [1.54, 1.807) is 6.20 Å². The second kappa shape index (κ2) is 4.22. The van der Waals surface area contributed by atoms with Crippen molar-refractivity contribution in [2.45, 2.75) is 0 Å². The maximum absolute atomic E-state index is 5.81. The van der Waals surface area contributed by atoms with Gasteiger partial charge in [-0.15, -0.1) is 0 Å². The van der Waals surface area contributed by atoms with Crippen LogP contribution in [0.1, 0.15) is 0 Å². The molecule has 0 spiro atoms. The Morgan fingerprint density at radius 1 is 1.06 bits per heavy atom. The zero-order valence-electron chi connectivity index (χ0n) is 8.88. The van der Waals surface area contributed by atoms with Crippen molar-refractivity contribution in [1.29, 1.82) is 0 Å². The molecule has 0 atom stereocenters. The first-order valence-corrected chi connectivity index (χ1v) is 5.98. The molecular weight excluding hydrogens is 280 g/mol. The Labute approximate surface area is 107 Å². The number of imidazole rings is 1. The van der Waals surface area contributed by atoms with Crippen molar-refractivity contribution in [2.24, 2.45) is 0 Å². The standard InChI is InChI=1S/C13H9BrN2O/c14-10-4-6-11(7-5-10)17-13-3-1-2-12-15-8-9-16(12)13/h1-9H. The molecule has 0 fully saturated rings. The molecule has 3 aromatic rings. The van der Waals surface area contributed by atoms with Crippen molar-refractivity contribution in [3.8, 4) is 11.6 Å². The minimum atomic E-state index is 0.752. The number of benzene rings is 1. The van der Waals surface area contributed by atoms with Crippen LogP contribution in [0, 0.1) is 0 Å². The van der Waals surface area contributed by atoms with Crippen molar-refractivity contribution in [3.63, 3.8) is 0 Å². The van der Waals surface area contributed by atoms with E-state index in [0.29, 0.717) is 0 Å². The summed E-state index contributed by atoms with van der Waals surface area (Å²) >= 11 is 3.39. The van der Waals surface area contributed by atoms with Crippen LogP contribution >= 0.6 is 15.9 Å². The third-order valence-electron chi connectivity index (χ3n) is 2.43. The second-order valence-electron chi connectivity index (χ2n) is 3.58. The molecule has 2 aromatic heterocycles. The lowest BCUT2D eigenvalue weighted by atomic mass is 10.3. The van der Waals surface area contributed by atoms with E-state index in [1.807, 2.05) is 53.1 Å². The molecule has 84 valence electrons. The molecule has 2 heterocycles. The minimum Gasteiger partial charge on any atom is -0.440 e. The number of nitrogens with zero attached hydrogens (tertiary/aromatic N) is 2. The van der Waals surface area contributed by atoms with Crippen molar-refractivity contribution in [3.05, 3.63) is 59.3 Å². The number of halogens is 1. The van der Waals surface area contributed by atoms with Crippen LogP contribution in [0.5, 0.6) is 11.6 Å². The van der Waals surface area contributed by atoms with Gasteiger partial charge in [-0.2, -0.15) is 0 Å². The van der Waals surface area contributed by atoms with E-state index in [9.17, 15) is 0 Å². The zero-order valence-corrected chi connectivity index (χ0v) is 10.5.